The Labute approximate surface area is 168 Å². The molecule has 0 radical (unpaired) electrons. The summed E-state index contributed by atoms with van der Waals surface area (Å²) in [4.78, 5) is 17.2. The number of thiazole rings is 1. The van der Waals surface area contributed by atoms with Crippen LogP contribution < -0.4 is 19.5 Å². The van der Waals surface area contributed by atoms with Crippen LogP contribution in [0.3, 0.4) is 0 Å². The molecule has 1 aromatic heterocycles. The van der Waals surface area contributed by atoms with Crippen molar-refractivity contribution in [3.8, 4) is 28.5 Å². The second-order valence-electron chi connectivity index (χ2n) is 5.90. The SMILES string of the molecule is COc1ccc(-c2csc(CCNC(=O)c3c(OC)cccc3OC)n2)cc1. The molecule has 0 aliphatic carbocycles. The van der Waals surface area contributed by atoms with Crippen LogP contribution in [0.4, 0.5) is 0 Å². The molecule has 146 valence electrons. The van der Waals surface area contributed by atoms with Gasteiger partial charge in [-0.15, -0.1) is 11.3 Å². The minimum absolute atomic E-state index is 0.235. The molecule has 0 unspecified atom stereocenters. The zero-order chi connectivity index (χ0) is 19.9. The van der Waals surface area contributed by atoms with Crippen LogP contribution in [-0.2, 0) is 6.42 Å². The van der Waals surface area contributed by atoms with Gasteiger partial charge >= 0.3 is 0 Å². The molecule has 0 atom stereocenters. The van der Waals surface area contributed by atoms with Crippen molar-refractivity contribution >= 4 is 17.2 Å². The van der Waals surface area contributed by atoms with Crippen molar-refractivity contribution < 1.29 is 19.0 Å². The van der Waals surface area contributed by atoms with E-state index < -0.39 is 0 Å². The number of hydrogen-bond donors (Lipinski definition) is 1. The lowest BCUT2D eigenvalue weighted by Crippen LogP contribution is -2.26. The normalized spacial score (nSPS) is 10.4. The maximum absolute atomic E-state index is 12.6. The molecule has 0 spiro atoms. The Balaban J connectivity index is 1.61. The molecule has 28 heavy (non-hydrogen) atoms. The summed E-state index contributed by atoms with van der Waals surface area (Å²) in [6, 6.07) is 13.0. The van der Waals surface area contributed by atoms with E-state index in [1.807, 2.05) is 29.6 Å². The second kappa shape index (κ2) is 9.23. The number of rotatable bonds is 8. The monoisotopic (exact) mass is 398 g/mol. The van der Waals surface area contributed by atoms with Crippen molar-refractivity contribution in [3.63, 3.8) is 0 Å². The summed E-state index contributed by atoms with van der Waals surface area (Å²) >= 11 is 1.57. The Morgan fingerprint density at radius 1 is 1.00 bits per heavy atom. The Bertz CT molecular complexity index is 916. The first-order chi connectivity index (χ1) is 13.7. The quantitative estimate of drug-likeness (QED) is 0.625. The van der Waals surface area contributed by atoms with Gasteiger partial charge in [-0.2, -0.15) is 0 Å². The van der Waals surface area contributed by atoms with Gasteiger partial charge in [-0.05, 0) is 36.4 Å². The van der Waals surface area contributed by atoms with E-state index in [-0.39, 0.29) is 5.91 Å². The van der Waals surface area contributed by atoms with Crippen LogP contribution in [0.15, 0.2) is 47.8 Å². The first kappa shape index (κ1) is 19.7. The highest BCUT2D eigenvalue weighted by molar-refractivity contribution is 7.09. The highest BCUT2D eigenvalue weighted by Crippen LogP contribution is 2.28. The highest BCUT2D eigenvalue weighted by atomic mass is 32.1. The van der Waals surface area contributed by atoms with Gasteiger partial charge in [0.05, 0.1) is 32.0 Å². The summed E-state index contributed by atoms with van der Waals surface area (Å²) in [6.07, 6.45) is 0.643. The molecule has 1 amide bonds. The van der Waals surface area contributed by atoms with Crippen LogP contribution in [0.1, 0.15) is 15.4 Å². The van der Waals surface area contributed by atoms with E-state index in [1.54, 1.807) is 36.6 Å². The fraction of sp³-hybridized carbons (Fsp3) is 0.238. The summed E-state index contributed by atoms with van der Waals surface area (Å²) in [7, 11) is 4.70. The second-order valence-corrected chi connectivity index (χ2v) is 6.84. The molecule has 1 heterocycles. The number of carbonyl (C=O) groups excluding carboxylic acids is 1. The molecular weight excluding hydrogens is 376 g/mol. The molecule has 1 N–H and O–H groups in total. The summed E-state index contributed by atoms with van der Waals surface area (Å²) in [5, 5.41) is 5.88. The van der Waals surface area contributed by atoms with E-state index in [4.69, 9.17) is 14.2 Å². The van der Waals surface area contributed by atoms with Gasteiger partial charge in [-0.25, -0.2) is 4.98 Å². The first-order valence-electron chi connectivity index (χ1n) is 8.74. The number of benzene rings is 2. The Morgan fingerprint density at radius 2 is 1.68 bits per heavy atom. The topological polar surface area (TPSA) is 69.7 Å². The smallest absolute Gasteiger partial charge is 0.258 e. The minimum Gasteiger partial charge on any atom is -0.497 e. The maximum atomic E-state index is 12.6. The van der Waals surface area contributed by atoms with E-state index in [2.05, 4.69) is 10.3 Å². The van der Waals surface area contributed by atoms with Crippen LogP contribution in [0.2, 0.25) is 0 Å². The lowest BCUT2D eigenvalue weighted by atomic mass is 10.1. The van der Waals surface area contributed by atoms with Crippen LogP contribution >= 0.6 is 11.3 Å². The van der Waals surface area contributed by atoms with E-state index in [0.29, 0.717) is 30.0 Å². The van der Waals surface area contributed by atoms with Crippen molar-refractivity contribution in [2.24, 2.45) is 0 Å². The molecule has 7 heteroatoms. The van der Waals surface area contributed by atoms with Gasteiger partial charge in [0, 0.05) is 23.9 Å². The maximum Gasteiger partial charge on any atom is 0.258 e. The zero-order valence-electron chi connectivity index (χ0n) is 16.0. The van der Waals surface area contributed by atoms with Crippen molar-refractivity contribution in [2.45, 2.75) is 6.42 Å². The lowest BCUT2D eigenvalue weighted by molar-refractivity contribution is 0.0948. The van der Waals surface area contributed by atoms with E-state index in [9.17, 15) is 4.79 Å². The average Bonchev–Trinajstić information content (AvgIpc) is 3.21. The molecule has 0 saturated heterocycles. The zero-order valence-corrected chi connectivity index (χ0v) is 16.8. The summed E-state index contributed by atoms with van der Waals surface area (Å²) in [5.74, 6) is 1.54. The average molecular weight is 398 g/mol. The van der Waals surface area contributed by atoms with Crippen molar-refractivity contribution in [1.29, 1.82) is 0 Å². The van der Waals surface area contributed by atoms with Crippen LogP contribution in [0, 0.1) is 0 Å². The molecule has 6 nitrogen and oxygen atoms in total. The first-order valence-corrected chi connectivity index (χ1v) is 9.62. The lowest BCUT2D eigenvalue weighted by Gasteiger charge is -2.12. The van der Waals surface area contributed by atoms with Gasteiger partial charge in [0.1, 0.15) is 22.8 Å². The molecule has 2 aromatic carbocycles. The molecule has 0 aliphatic heterocycles. The van der Waals surface area contributed by atoms with Gasteiger partial charge in [-0.1, -0.05) is 6.07 Å². The van der Waals surface area contributed by atoms with Gasteiger partial charge in [0.2, 0.25) is 0 Å². The fourth-order valence-electron chi connectivity index (χ4n) is 2.77. The number of methoxy groups -OCH3 is 3. The van der Waals surface area contributed by atoms with Crippen molar-refractivity contribution in [3.05, 3.63) is 58.4 Å². The van der Waals surface area contributed by atoms with Crippen molar-refractivity contribution in [1.82, 2.24) is 10.3 Å². The van der Waals surface area contributed by atoms with E-state index in [0.717, 1.165) is 22.0 Å². The third kappa shape index (κ3) is 4.43. The number of nitrogens with one attached hydrogen (secondary N) is 1. The number of amides is 1. The predicted octanol–water partition coefficient (Wildman–Crippen LogP) is 3.81. The summed E-state index contributed by atoms with van der Waals surface area (Å²) in [5.41, 5.74) is 2.34. The number of ether oxygens (including phenoxy) is 3. The third-order valence-electron chi connectivity index (χ3n) is 4.22. The number of aromatic nitrogens is 1. The third-order valence-corrected chi connectivity index (χ3v) is 5.13. The molecule has 0 bridgehead atoms. The molecule has 0 aliphatic rings. The van der Waals surface area contributed by atoms with E-state index in [1.165, 1.54) is 14.2 Å². The number of hydrogen-bond acceptors (Lipinski definition) is 6. The Morgan fingerprint density at radius 3 is 2.29 bits per heavy atom. The standard InChI is InChI=1S/C21H22N2O4S/c1-25-15-9-7-14(8-10-15)16-13-28-19(23-16)11-12-22-21(24)20-17(26-2)5-4-6-18(20)27-3/h4-10,13H,11-12H2,1-3H3,(H,22,24). The van der Waals surface area contributed by atoms with Crippen molar-refractivity contribution in [2.75, 3.05) is 27.9 Å². The number of carbonyl (C=O) groups is 1. The summed E-state index contributed by atoms with van der Waals surface area (Å²) < 4.78 is 15.7. The van der Waals surface area contributed by atoms with Gasteiger partial charge in [0.25, 0.3) is 5.91 Å². The minimum atomic E-state index is -0.235. The van der Waals surface area contributed by atoms with Crippen LogP contribution in [0.5, 0.6) is 17.2 Å². The van der Waals surface area contributed by atoms with Gasteiger partial charge in [0.15, 0.2) is 0 Å². The van der Waals surface area contributed by atoms with Gasteiger partial charge < -0.3 is 19.5 Å². The largest absolute Gasteiger partial charge is 0.497 e. The fourth-order valence-corrected chi connectivity index (χ4v) is 3.57. The Hall–Kier alpha value is -3.06. The Kier molecular flexibility index (Phi) is 6.49. The molecular formula is C21H22N2O4S. The van der Waals surface area contributed by atoms with Crippen LogP contribution in [0.25, 0.3) is 11.3 Å². The molecule has 3 aromatic rings. The van der Waals surface area contributed by atoms with E-state index >= 15 is 0 Å². The summed E-state index contributed by atoms with van der Waals surface area (Å²) in [6.45, 7) is 0.468. The highest BCUT2D eigenvalue weighted by Gasteiger charge is 2.17. The molecule has 0 fully saturated rings. The van der Waals surface area contributed by atoms with Gasteiger partial charge in [-0.3, -0.25) is 4.79 Å². The molecule has 3 rings (SSSR count). The predicted molar refractivity (Wildman–Crippen MR) is 110 cm³/mol. The van der Waals surface area contributed by atoms with Crippen LogP contribution in [-0.4, -0.2) is 38.8 Å². The number of nitrogens with zero attached hydrogens (tertiary/aromatic N) is 1. The molecule has 0 saturated carbocycles.